The first-order valence-corrected chi connectivity index (χ1v) is 8.23. The molecule has 17 heavy (non-hydrogen) atoms. The molecule has 4 nitrogen and oxygen atoms in total. The number of hydrogen-bond acceptors (Lipinski definition) is 5. The van der Waals surface area contributed by atoms with Crippen LogP contribution in [-0.2, 0) is 9.84 Å². The fourth-order valence-corrected chi connectivity index (χ4v) is 2.92. The van der Waals surface area contributed by atoms with Crippen molar-refractivity contribution in [2.45, 2.75) is 6.42 Å². The molecular formula is C11H14N2O2S2. The van der Waals surface area contributed by atoms with Gasteiger partial charge in [0.25, 0.3) is 0 Å². The number of hydrogen-bond donors (Lipinski definition) is 1. The van der Waals surface area contributed by atoms with Gasteiger partial charge in [-0.2, -0.15) is 0 Å². The molecule has 0 saturated carbocycles. The minimum atomic E-state index is -2.85. The number of fused-ring (bicyclic) bond motifs is 1. The number of anilines is 1. The lowest BCUT2D eigenvalue weighted by Gasteiger charge is -2.05. The van der Waals surface area contributed by atoms with Gasteiger partial charge in [0, 0.05) is 18.5 Å². The van der Waals surface area contributed by atoms with Gasteiger partial charge in [-0.25, -0.2) is 13.4 Å². The maximum absolute atomic E-state index is 10.9. The van der Waals surface area contributed by atoms with Crippen molar-refractivity contribution in [3.05, 3.63) is 23.7 Å². The molecule has 1 aromatic heterocycles. The Labute approximate surface area is 105 Å². The van der Waals surface area contributed by atoms with E-state index in [0.29, 0.717) is 13.0 Å². The Kier molecular flexibility index (Phi) is 3.63. The maximum atomic E-state index is 10.9. The predicted octanol–water partition coefficient (Wildman–Crippen LogP) is 2.14. The molecule has 0 amide bonds. The van der Waals surface area contributed by atoms with Gasteiger partial charge in [0.2, 0.25) is 0 Å². The van der Waals surface area contributed by atoms with E-state index in [1.54, 1.807) is 11.3 Å². The highest BCUT2D eigenvalue weighted by molar-refractivity contribution is 7.90. The molecule has 0 saturated heterocycles. The largest absolute Gasteiger partial charge is 0.385 e. The summed E-state index contributed by atoms with van der Waals surface area (Å²) in [6, 6.07) is 5.96. The van der Waals surface area contributed by atoms with Crippen LogP contribution in [0.2, 0.25) is 0 Å². The Morgan fingerprint density at radius 1 is 1.41 bits per heavy atom. The Hall–Kier alpha value is -1.14. The van der Waals surface area contributed by atoms with E-state index in [-0.39, 0.29) is 5.75 Å². The monoisotopic (exact) mass is 270 g/mol. The molecule has 1 heterocycles. The van der Waals surface area contributed by atoms with Gasteiger partial charge in [0.1, 0.15) is 9.84 Å². The highest BCUT2D eigenvalue weighted by atomic mass is 32.2. The number of sulfone groups is 1. The highest BCUT2D eigenvalue weighted by Crippen LogP contribution is 2.21. The second-order valence-electron chi connectivity index (χ2n) is 3.95. The maximum Gasteiger partial charge on any atom is 0.147 e. The first-order chi connectivity index (χ1) is 8.04. The van der Waals surface area contributed by atoms with E-state index in [0.717, 1.165) is 15.9 Å². The molecule has 0 aliphatic heterocycles. The molecule has 1 N–H and O–H groups in total. The van der Waals surface area contributed by atoms with Gasteiger partial charge >= 0.3 is 0 Å². The summed E-state index contributed by atoms with van der Waals surface area (Å²) in [5, 5.41) is 3.21. The predicted molar refractivity (Wildman–Crippen MR) is 72.4 cm³/mol. The summed E-state index contributed by atoms with van der Waals surface area (Å²) in [5.41, 5.74) is 3.82. The van der Waals surface area contributed by atoms with E-state index < -0.39 is 9.84 Å². The molecule has 0 aliphatic carbocycles. The van der Waals surface area contributed by atoms with Crippen molar-refractivity contribution >= 4 is 37.1 Å². The van der Waals surface area contributed by atoms with Gasteiger partial charge in [-0.15, -0.1) is 11.3 Å². The van der Waals surface area contributed by atoms with Crippen molar-refractivity contribution in [1.82, 2.24) is 4.98 Å². The van der Waals surface area contributed by atoms with Crippen LogP contribution in [0.15, 0.2) is 23.7 Å². The van der Waals surface area contributed by atoms with Crippen molar-refractivity contribution in [2.75, 3.05) is 23.9 Å². The van der Waals surface area contributed by atoms with Gasteiger partial charge in [-0.3, -0.25) is 0 Å². The zero-order valence-corrected chi connectivity index (χ0v) is 11.1. The zero-order chi connectivity index (χ0) is 12.3. The fourth-order valence-electron chi connectivity index (χ4n) is 1.53. The number of thiazole rings is 1. The van der Waals surface area contributed by atoms with Crippen LogP contribution in [0.4, 0.5) is 5.69 Å². The number of nitrogens with zero attached hydrogens (tertiary/aromatic N) is 1. The average molecular weight is 270 g/mol. The highest BCUT2D eigenvalue weighted by Gasteiger charge is 2.02. The Morgan fingerprint density at radius 2 is 2.24 bits per heavy atom. The van der Waals surface area contributed by atoms with E-state index in [2.05, 4.69) is 10.3 Å². The van der Waals surface area contributed by atoms with Crippen molar-refractivity contribution in [1.29, 1.82) is 0 Å². The van der Waals surface area contributed by atoms with E-state index in [1.165, 1.54) is 6.26 Å². The van der Waals surface area contributed by atoms with Crippen LogP contribution in [0.25, 0.3) is 10.2 Å². The zero-order valence-electron chi connectivity index (χ0n) is 9.51. The molecule has 0 unspecified atom stereocenters. The molecule has 0 atom stereocenters. The van der Waals surface area contributed by atoms with Crippen molar-refractivity contribution < 1.29 is 8.42 Å². The normalized spacial score (nSPS) is 11.8. The van der Waals surface area contributed by atoms with E-state index in [4.69, 9.17) is 0 Å². The number of aromatic nitrogens is 1. The number of benzene rings is 1. The Bertz CT molecular complexity index is 605. The van der Waals surface area contributed by atoms with Crippen LogP contribution < -0.4 is 5.32 Å². The first kappa shape index (κ1) is 12.3. The summed E-state index contributed by atoms with van der Waals surface area (Å²) in [6.45, 7) is 0.664. The molecule has 92 valence electrons. The molecular weight excluding hydrogens is 256 g/mol. The van der Waals surface area contributed by atoms with E-state index in [9.17, 15) is 8.42 Å². The van der Waals surface area contributed by atoms with Crippen LogP contribution in [0.3, 0.4) is 0 Å². The van der Waals surface area contributed by atoms with Crippen molar-refractivity contribution in [3.8, 4) is 0 Å². The summed E-state index contributed by atoms with van der Waals surface area (Å²) >= 11 is 1.60. The summed E-state index contributed by atoms with van der Waals surface area (Å²) in [4.78, 5) is 4.20. The second kappa shape index (κ2) is 5.01. The summed E-state index contributed by atoms with van der Waals surface area (Å²) in [5.74, 6) is 0.225. The minimum absolute atomic E-state index is 0.225. The minimum Gasteiger partial charge on any atom is -0.385 e. The van der Waals surface area contributed by atoms with Crippen LogP contribution in [0, 0.1) is 0 Å². The molecule has 0 spiro atoms. The molecule has 2 rings (SSSR count). The third-order valence-corrected chi connectivity index (χ3v) is 4.17. The molecule has 0 radical (unpaired) electrons. The van der Waals surface area contributed by atoms with Crippen LogP contribution in [0.5, 0.6) is 0 Å². The van der Waals surface area contributed by atoms with Crippen LogP contribution in [-0.4, -0.2) is 32.0 Å². The third kappa shape index (κ3) is 3.67. The summed E-state index contributed by atoms with van der Waals surface area (Å²) < 4.78 is 23.0. The van der Waals surface area contributed by atoms with E-state index in [1.807, 2.05) is 23.7 Å². The second-order valence-corrected chi connectivity index (χ2v) is 7.09. The Balaban J connectivity index is 1.90. The molecule has 2 aromatic rings. The van der Waals surface area contributed by atoms with Gasteiger partial charge in [0.05, 0.1) is 21.5 Å². The van der Waals surface area contributed by atoms with Crippen LogP contribution in [0.1, 0.15) is 6.42 Å². The molecule has 0 fully saturated rings. The number of nitrogens with one attached hydrogen (secondary N) is 1. The first-order valence-electron chi connectivity index (χ1n) is 5.29. The van der Waals surface area contributed by atoms with Crippen LogP contribution >= 0.6 is 11.3 Å². The molecule has 6 heteroatoms. The summed E-state index contributed by atoms with van der Waals surface area (Å²) in [6.07, 6.45) is 1.88. The molecule has 1 aromatic carbocycles. The lowest BCUT2D eigenvalue weighted by Crippen LogP contribution is -2.09. The standard InChI is InChI=1S/C11H14N2O2S2/c1-17(14,15)6-2-5-12-9-3-4-10-11(7-9)16-8-13-10/h3-4,7-8,12H,2,5-6H2,1H3. The smallest absolute Gasteiger partial charge is 0.147 e. The Morgan fingerprint density at radius 3 is 3.00 bits per heavy atom. The van der Waals surface area contributed by atoms with Gasteiger partial charge < -0.3 is 5.32 Å². The lowest BCUT2D eigenvalue weighted by molar-refractivity contribution is 0.600. The molecule has 0 bridgehead atoms. The quantitative estimate of drug-likeness (QED) is 0.846. The van der Waals surface area contributed by atoms with Gasteiger partial charge in [-0.1, -0.05) is 0 Å². The van der Waals surface area contributed by atoms with Crippen molar-refractivity contribution in [3.63, 3.8) is 0 Å². The molecule has 0 aliphatic rings. The third-order valence-electron chi connectivity index (χ3n) is 2.35. The van der Waals surface area contributed by atoms with Gasteiger partial charge in [0.15, 0.2) is 0 Å². The topological polar surface area (TPSA) is 59.1 Å². The number of rotatable bonds is 5. The summed E-state index contributed by atoms with van der Waals surface area (Å²) in [7, 11) is -2.85. The SMILES string of the molecule is CS(=O)(=O)CCCNc1ccc2ncsc2c1. The van der Waals surface area contributed by atoms with Crippen molar-refractivity contribution in [2.24, 2.45) is 0 Å². The fraction of sp³-hybridized carbons (Fsp3) is 0.364. The van der Waals surface area contributed by atoms with E-state index >= 15 is 0 Å². The average Bonchev–Trinajstić information content (AvgIpc) is 2.70. The lowest BCUT2D eigenvalue weighted by atomic mass is 10.3. The van der Waals surface area contributed by atoms with Gasteiger partial charge in [-0.05, 0) is 24.6 Å².